The maximum absolute atomic E-state index is 4.83. The average Bonchev–Trinajstić information content (AvgIpc) is 2.80. The summed E-state index contributed by atoms with van der Waals surface area (Å²) in [5.41, 5.74) is 4.75. The highest BCUT2D eigenvalue weighted by atomic mass is 15.2. The first-order valence-electron chi connectivity index (χ1n) is 10.5. The molecule has 6 nitrogen and oxygen atoms in total. The summed E-state index contributed by atoms with van der Waals surface area (Å²) in [6, 6.07) is 8.21. The molecule has 0 N–H and O–H groups in total. The third kappa shape index (κ3) is 3.98. The minimum atomic E-state index is 0.791. The number of pyridine rings is 2. The van der Waals surface area contributed by atoms with Gasteiger partial charge in [-0.15, -0.1) is 0 Å². The van der Waals surface area contributed by atoms with Crippen molar-refractivity contribution in [3.63, 3.8) is 0 Å². The Kier molecular flexibility index (Phi) is 5.17. The van der Waals surface area contributed by atoms with Crippen molar-refractivity contribution in [2.75, 3.05) is 24.5 Å². The molecule has 0 bridgehead atoms. The SMILES string of the molecule is c1cnc(N2CCCCC2)c(CN2CCc3nc(-c4ccncc4)ncc3C2)c1. The molecule has 1 fully saturated rings. The number of piperidine rings is 1. The van der Waals surface area contributed by atoms with Gasteiger partial charge in [-0.3, -0.25) is 9.88 Å². The molecular weight excluding hydrogens is 360 g/mol. The largest absolute Gasteiger partial charge is 0.356 e. The number of anilines is 1. The maximum Gasteiger partial charge on any atom is 0.159 e. The van der Waals surface area contributed by atoms with Crippen LogP contribution in [-0.4, -0.2) is 44.5 Å². The number of nitrogens with zero attached hydrogens (tertiary/aromatic N) is 6. The van der Waals surface area contributed by atoms with Crippen molar-refractivity contribution in [3.8, 4) is 11.4 Å². The highest BCUT2D eigenvalue weighted by molar-refractivity contribution is 5.54. The molecule has 1 saturated heterocycles. The molecule has 0 spiro atoms. The zero-order valence-electron chi connectivity index (χ0n) is 16.7. The van der Waals surface area contributed by atoms with E-state index in [0.29, 0.717) is 0 Å². The number of hydrogen-bond donors (Lipinski definition) is 0. The quantitative estimate of drug-likeness (QED) is 0.684. The molecule has 0 radical (unpaired) electrons. The van der Waals surface area contributed by atoms with Gasteiger partial charge >= 0.3 is 0 Å². The van der Waals surface area contributed by atoms with Gasteiger partial charge in [-0.1, -0.05) is 6.07 Å². The Labute approximate surface area is 171 Å². The van der Waals surface area contributed by atoms with E-state index in [1.54, 1.807) is 12.4 Å². The second-order valence-corrected chi connectivity index (χ2v) is 7.90. The average molecular weight is 387 g/mol. The normalized spacial score (nSPS) is 17.2. The molecule has 5 heterocycles. The van der Waals surface area contributed by atoms with E-state index >= 15 is 0 Å². The fraction of sp³-hybridized carbons (Fsp3) is 0.391. The first kappa shape index (κ1) is 18.2. The fourth-order valence-electron chi connectivity index (χ4n) is 4.33. The first-order valence-corrected chi connectivity index (χ1v) is 10.5. The Bertz CT molecular complexity index is 968. The van der Waals surface area contributed by atoms with Crippen molar-refractivity contribution >= 4 is 5.82 Å². The molecule has 5 rings (SSSR count). The molecule has 6 heteroatoms. The minimum absolute atomic E-state index is 0.791. The summed E-state index contributed by atoms with van der Waals surface area (Å²) in [5.74, 6) is 1.96. The maximum atomic E-state index is 4.83. The van der Waals surface area contributed by atoms with Crippen molar-refractivity contribution < 1.29 is 0 Å². The van der Waals surface area contributed by atoms with E-state index < -0.39 is 0 Å². The molecule has 3 aromatic heterocycles. The topological polar surface area (TPSA) is 58.0 Å². The lowest BCUT2D eigenvalue weighted by molar-refractivity contribution is 0.243. The summed E-state index contributed by atoms with van der Waals surface area (Å²) < 4.78 is 0. The third-order valence-corrected chi connectivity index (χ3v) is 5.87. The van der Waals surface area contributed by atoms with Gasteiger partial charge in [-0.2, -0.15) is 0 Å². The summed E-state index contributed by atoms with van der Waals surface area (Å²) in [4.78, 5) is 23.2. The standard InChI is InChI=1S/C23H26N6/c1-2-12-29(13-3-1)23-19(5-4-9-25-23)16-28-14-8-21-20(17-28)15-26-22(27-21)18-6-10-24-11-7-18/h4-7,9-11,15H,1-3,8,12-14,16-17H2. The predicted molar refractivity (Wildman–Crippen MR) is 113 cm³/mol. The Morgan fingerprint density at radius 1 is 0.897 bits per heavy atom. The Hall–Kier alpha value is -2.86. The van der Waals surface area contributed by atoms with E-state index in [0.717, 1.165) is 50.5 Å². The smallest absolute Gasteiger partial charge is 0.159 e. The van der Waals surface area contributed by atoms with E-state index in [-0.39, 0.29) is 0 Å². The van der Waals surface area contributed by atoms with E-state index in [9.17, 15) is 0 Å². The molecular formula is C23H26N6. The lowest BCUT2D eigenvalue weighted by atomic mass is 10.1. The van der Waals surface area contributed by atoms with Gasteiger partial charge in [-0.25, -0.2) is 15.0 Å². The molecule has 0 unspecified atom stereocenters. The van der Waals surface area contributed by atoms with Gasteiger partial charge in [0.2, 0.25) is 0 Å². The highest BCUT2D eigenvalue weighted by Gasteiger charge is 2.22. The van der Waals surface area contributed by atoms with Gasteiger partial charge in [0, 0.05) is 80.6 Å². The molecule has 0 saturated carbocycles. The van der Waals surface area contributed by atoms with Gasteiger partial charge in [-0.05, 0) is 37.5 Å². The zero-order valence-corrected chi connectivity index (χ0v) is 16.7. The van der Waals surface area contributed by atoms with Crippen LogP contribution in [0.5, 0.6) is 0 Å². The molecule has 0 aromatic carbocycles. The number of aromatic nitrogens is 4. The fourth-order valence-corrected chi connectivity index (χ4v) is 4.33. The molecule has 2 aliphatic heterocycles. The Morgan fingerprint density at radius 2 is 1.76 bits per heavy atom. The summed E-state index contributed by atoms with van der Waals surface area (Å²) in [7, 11) is 0. The highest BCUT2D eigenvalue weighted by Crippen LogP contribution is 2.26. The monoisotopic (exact) mass is 386 g/mol. The van der Waals surface area contributed by atoms with Gasteiger partial charge in [0.1, 0.15) is 5.82 Å². The van der Waals surface area contributed by atoms with E-state index in [4.69, 9.17) is 9.97 Å². The lowest BCUT2D eigenvalue weighted by Gasteiger charge is -2.32. The van der Waals surface area contributed by atoms with Crippen LogP contribution in [0.1, 0.15) is 36.1 Å². The second-order valence-electron chi connectivity index (χ2n) is 7.90. The molecule has 2 aliphatic rings. The molecule has 0 amide bonds. The van der Waals surface area contributed by atoms with Crippen LogP contribution in [0.2, 0.25) is 0 Å². The van der Waals surface area contributed by atoms with Gasteiger partial charge in [0.25, 0.3) is 0 Å². The second kappa shape index (κ2) is 8.25. The van der Waals surface area contributed by atoms with Crippen LogP contribution in [0.4, 0.5) is 5.82 Å². The Balaban J connectivity index is 1.32. The third-order valence-electron chi connectivity index (χ3n) is 5.87. The van der Waals surface area contributed by atoms with Crippen LogP contribution >= 0.6 is 0 Å². The Morgan fingerprint density at radius 3 is 2.62 bits per heavy atom. The van der Waals surface area contributed by atoms with Crippen LogP contribution in [0, 0.1) is 0 Å². The van der Waals surface area contributed by atoms with Crippen LogP contribution in [0.25, 0.3) is 11.4 Å². The van der Waals surface area contributed by atoms with Crippen LogP contribution < -0.4 is 4.90 Å². The number of rotatable bonds is 4. The summed E-state index contributed by atoms with van der Waals surface area (Å²) in [6.07, 6.45) is 12.3. The molecule has 0 aliphatic carbocycles. The van der Waals surface area contributed by atoms with E-state index in [1.165, 1.54) is 41.9 Å². The van der Waals surface area contributed by atoms with Crippen LogP contribution in [0.15, 0.2) is 49.1 Å². The number of hydrogen-bond acceptors (Lipinski definition) is 6. The predicted octanol–water partition coefficient (Wildman–Crippen LogP) is 3.48. The minimum Gasteiger partial charge on any atom is -0.356 e. The molecule has 148 valence electrons. The van der Waals surface area contributed by atoms with Crippen molar-refractivity contribution in [3.05, 3.63) is 65.9 Å². The summed E-state index contributed by atoms with van der Waals surface area (Å²) in [6.45, 7) is 5.07. The number of fused-ring (bicyclic) bond motifs is 1. The molecule has 3 aromatic rings. The van der Waals surface area contributed by atoms with E-state index in [1.807, 2.05) is 24.5 Å². The van der Waals surface area contributed by atoms with Crippen molar-refractivity contribution in [2.45, 2.75) is 38.8 Å². The summed E-state index contributed by atoms with van der Waals surface area (Å²) >= 11 is 0. The molecule has 29 heavy (non-hydrogen) atoms. The zero-order chi connectivity index (χ0) is 19.5. The van der Waals surface area contributed by atoms with E-state index in [2.05, 4.69) is 31.9 Å². The first-order chi connectivity index (χ1) is 14.4. The summed E-state index contributed by atoms with van der Waals surface area (Å²) in [5, 5.41) is 0. The van der Waals surface area contributed by atoms with Gasteiger partial charge < -0.3 is 4.90 Å². The lowest BCUT2D eigenvalue weighted by Crippen LogP contribution is -2.34. The van der Waals surface area contributed by atoms with Crippen molar-refractivity contribution in [2.24, 2.45) is 0 Å². The van der Waals surface area contributed by atoms with Crippen molar-refractivity contribution in [1.29, 1.82) is 0 Å². The van der Waals surface area contributed by atoms with Crippen LogP contribution in [-0.2, 0) is 19.5 Å². The van der Waals surface area contributed by atoms with Gasteiger partial charge in [0.05, 0.1) is 5.69 Å². The van der Waals surface area contributed by atoms with Crippen molar-refractivity contribution in [1.82, 2.24) is 24.8 Å². The van der Waals surface area contributed by atoms with Gasteiger partial charge in [0.15, 0.2) is 5.82 Å². The molecule has 0 atom stereocenters. The van der Waals surface area contributed by atoms with Crippen LogP contribution in [0.3, 0.4) is 0 Å².